The second-order valence-electron chi connectivity index (χ2n) is 5.94. The number of nitrogens with one attached hydrogen (secondary N) is 1. The predicted octanol–water partition coefficient (Wildman–Crippen LogP) is 4.90. The van der Waals surface area contributed by atoms with Crippen LogP contribution in [0.2, 0.25) is 0 Å². The van der Waals surface area contributed by atoms with Gasteiger partial charge in [-0.3, -0.25) is 4.79 Å². The van der Waals surface area contributed by atoms with E-state index < -0.39 is 5.41 Å². The Labute approximate surface area is 146 Å². The van der Waals surface area contributed by atoms with Gasteiger partial charge in [0.15, 0.2) is 0 Å². The monoisotopic (exact) mass is 376 g/mol. The van der Waals surface area contributed by atoms with E-state index in [0.29, 0.717) is 17.0 Å². The van der Waals surface area contributed by atoms with Crippen LogP contribution in [0.15, 0.2) is 29.3 Å². The summed E-state index contributed by atoms with van der Waals surface area (Å²) in [6.45, 7) is 11.2. The molecule has 1 N–H and O–H groups in total. The molecule has 1 aromatic rings. The summed E-state index contributed by atoms with van der Waals surface area (Å²) < 4.78 is 6.41. The van der Waals surface area contributed by atoms with Gasteiger partial charge >= 0.3 is 0 Å². The van der Waals surface area contributed by atoms with Gasteiger partial charge < -0.3 is 10.1 Å². The Bertz CT molecular complexity index is 680. The fourth-order valence-electron chi connectivity index (χ4n) is 1.78. The summed E-state index contributed by atoms with van der Waals surface area (Å²) in [6, 6.07) is 3.85. The first-order valence-corrected chi connectivity index (χ1v) is 8.00. The van der Waals surface area contributed by atoms with Crippen molar-refractivity contribution in [3.05, 3.63) is 40.4 Å². The Balaban J connectivity index is 3.49. The average Bonchev–Trinajstić information content (AvgIpc) is 2.47. The number of benzene rings is 1. The number of anilines is 1. The maximum Gasteiger partial charge on any atom is 0.229 e. The van der Waals surface area contributed by atoms with E-state index in [2.05, 4.69) is 33.9 Å². The number of nitrogens with zero attached hydrogens (tertiary/aromatic N) is 1. The van der Waals surface area contributed by atoms with Crippen LogP contribution in [0.4, 0.5) is 5.69 Å². The van der Waals surface area contributed by atoms with Crippen molar-refractivity contribution in [3.8, 4) is 11.8 Å². The highest BCUT2D eigenvalue weighted by molar-refractivity contribution is 9.10. The molecular formula is C18H21BrN2O2. The van der Waals surface area contributed by atoms with Crippen molar-refractivity contribution in [3.63, 3.8) is 0 Å². The molecule has 5 heteroatoms. The minimum absolute atomic E-state index is 0.172. The zero-order valence-electron chi connectivity index (χ0n) is 13.9. The van der Waals surface area contributed by atoms with E-state index >= 15 is 0 Å². The van der Waals surface area contributed by atoms with Gasteiger partial charge in [0.2, 0.25) is 5.91 Å². The van der Waals surface area contributed by atoms with Gasteiger partial charge in [0.1, 0.15) is 24.0 Å². The van der Waals surface area contributed by atoms with Gasteiger partial charge in [-0.05, 0) is 28.9 Å². The molecule has 0 unspecified atom stereocenters. The van der Waals surface area contributed by atoms with Crippen LogP contribution in [0.5, 0.6) is 5.75 Å². The van der Waals surface area contributed by atoms with Crippen LogP contribution in [-0.4, -0.2) is 12.5 Å². The molecule has 4 nitrogen and oxygen atoms in total. The lowest BCUT2D eigenvalue weighted by molar-refractivity contribution is -0.123. The summed E-state index contributed by atoms with van der Waals surface area (Å²) >= 11 is 3.48. The number of amides is 1. The number of allylic oxidation sites excluding steroid dienone is 1. The summed E-state index contributed by atoms with van der Waals surface area (Å²) in [4.78, 5) is 12.2. The number of carbonyl (C=O) groups excluding carboxylic acids is 1. The van der Waals surface area contributed by atoms with E-state index in [0.717, 1.165) is 10.0 Å². The molecule has 0 fully saturated rings. The maximum absolute atomic E-state index is 12.2. The molecule has 0 heterocycles. The number of ether oxygens (including phenoxy) is 1. The van der Waals surface area contributed by atoms with Crippen LogP contribution >= 0.6 is 15.9 Å². The van der Waals surface area contributed by atoms with Crippen LogP contribution in [0.25, 0.3) is 6.08 Å². The molecule has 1 amide bonds. The third-order valence-corrected chi connectivity index (χ3v) is 3.65. The highest BCUT2D eigenvalue weighted by Crippen LogP contribution is 2.38. The Morgan fingerprint density at radius 2 is 2.17 bits per heavy atom. The van der Waals surface area contributed by atoms with Crippen LogP contribution in [-0.2, 0) is 4.79 Å². The quantitative estimate of drug-likeness (QED) is 0.742. The molecule has 0 saturated carbocycles. The van der Waals surface area contributed by atoms with E-state index in [9.17, 15) is 10.1 Å². The normalized spacial score (nSPS) is 11.1. The second-order valence-corrected chi connectivity index (χ2v) is 6.79. The van der Waals surface area contributed by atoms with E-state index in [4.69, 9.17) is 4.74 Å². The highest BCUT2D eigenvalue weighted by atomic mass is 79.9. The Kier molecular flexibility index (Phi) is 6.59. The Morgan fingerprint density at radius 1 is 1.52 bits per heavy atom. The first-order chi connectivity index (χ1) is 10.8. The third-order valence-electron chi connectivity index (χ3n) is 2.99. The van der Waals surface area contributed by atoms with Gasteiger partial charge in [-0.25, -0.2) is 0 Å². The molecule has 1 rings (SSSR count). The summed E-state index contributed by atoms with van der Waals surface area (Å²) in [5.74, 6) is 0.249. The highest BCUT2D eigenvalue weighted by Gasteiger charge is 2.24. The molecule has 0 aromatic heterocycles. The zero-order valence-corrected chi connectivity index (χ0v) is 15.5. The molecule has 0 atom stereocenters. The van der Waals surface area contributed by atoms with Crippen LogP contribution in [0, 0.1) is 16.7 Å². The topological polar surface area (TPSA) is 62.1 Å². The van der Waals surface area contributed by atoms with Crippen molar-refractivity contribution in [2.45, 2.75) is 27.7 Å². The Hall–Kier alpha value is -2.06. The fraction of sp³-hybridized carbons (Fsp3) is 0.333. The van der Waals surface area contributed by atoms with E-state index in [1.54, 1.807) is 12.1 Å². The smallest absolute Gasteiger partial charge is 0.229 e. The van der Waals surface area contributed by atoms with Gasteiger partial charge in [0, 0.05) is 15.5 Å². The first-order valence-electron chi connectivity index (χ1n) is 7.20. The lowest BCUT2D eigenvalue weighted by Gasteiger charge is -2.20. The minimum Gasteiger partial charge on any atom is -0.487 e. The molecule has 23 heavy (non-hydrogen) atoms. The summed E-state index contributed by atoms with van der Waals surface area (Å²) in [5, 5.41) is 12.4. The number of halogens is 1. The van der Waals surface area contributed by atoms with Crippen molar-refractivity contribution in [2.75, 3.05) is 11.9 Å². The first kappa shape index (κ1) is 19.0. The van der Waals surface area contributed by atoms with Crippen molar-refractivity contribution < 1.29 is 9.53 Å². The van der Waals surface area contributed by atoms with Gasteiger partial charge in [-0.15, -0.1) is 0 Å². The lowest BCUT2D eigenvalue weighted by Crippen LogP contribution is -2.28. The molecule has 0 aliphatic rings. The van der Waals surface area contributed by atoms with Crippen LogP contribution in [0.3, 0.4) is 0 Å². The molecule has 0 saturated heterocycles. The molecule has 0 aliphatic heterocycles. The van der Waals surface area contributed by atoms with Crippen molar-refractivity contribution >= 4 is 33.6 Å². The molecule has 1 aromatic carbocycles. The molecule has 122 valence electrons. The van der Waals surface area contributed by atoms with Crippen molar-refractivity contribution in [1.29, 1.82) is 5.26 Å². The van der Waals surface area contributed by atoms with Gasteiger partial charge in [-0.1, -0.05) is 45.6 Å². The summed E-state index contributed by atoms with van der Waals surface area (Å²) in [7, 11) is 0. The number of carbonyl (C=O) groups is 1. The van der Waals surface area contributed by atoms with Crippen LogP contribution in [0.1, 0.15) is 38.8 Å². The standard InChI is InChI=1S/C18H21BrN2O2/c1-6-8-12-14(19)10-15(21-17(22)18(3,4)5)13(11-20)16(12)23-9-7-2/h6-8,10H,2,9H2,1,3-5H3,(H,21,22). The van der Waals surface area contributed by atoms with Crippen molar-refractivity contribution in [1.82, 2.24) is 0 Å². The molecule has 0 aliphatic carbocycles. The third kappa shape index (κ3) is 4.70. The van der Waals surface area contributed by atoms with Gasteiger partial charge in [-0.2, -0.15) is 5.26 Å². The van der Waals surface area contributed by atoms with Crippen LogP contribution < -0.4 is 10.1 Å². The number of hydrogen-bond acceptors (Lipinski definition) is 3. The zero-order chi connectivity index (χ0) is 17.6. The second kappa shape index (κ2) is 7.98. The molecular weight excluding hydrogens is 356 g/mol. The summed E-state index contributed by atoms with van der Waals surface area (Å²) in [5.41, 5.74) is 0.899. The van der Waals surface area contributed by atoms with E-state index in [1.165, 1.54) is 0 Å². The SMILES string of the molecule is C=CCOc1c(C#N)c(NC(=O)C(C)(C)C)cc(Br)c1C=CC. The number of rotatable bonds is 5. The largest absolute Gasteiger partial charge is 0.487 e. The number of hydrogen-bond donors (Lipinski definition) is 1. The molecule has 0 bridgehead atoms. The molecule has 0 radical (unpaired) electrons. The van der Waals surface area contributed by atoms with E-state index in [1.807, 2.05) is 39.8 Å². The van der Waals surface area contributed by atoms with E-state index in [-0.39, 0.29) is 12.5 Å². The number of nitriles is 1. The fourth-order valence-corrected chi connectivity index (χ4v) is 2.32. The Morgan fingerprint density at radius 3 is 2.65 bits per heavy atom. The summed E-state index contributed by atoms with van der Waals surface area (Å²) in [6.07, 6.45) is 5.31. The molecule has 0 spiro atoms. The predicted molar refractivity (Wildman–Crippen MR) is 97.3 cm³/mol. The van der Waals surface area contributed by atoms with Gasteiger partial charge in [0.05, 0.1) is 5.69 Å². The van der Waals surface area contributed by atoms with Crippen molar-refractivity contribution in [2.24, 2.45) is 5.41 Å². The lowest BCUT2D eigenvalue weighted by atomic mass is 9.95. The minimum atomic E-state index is -0.566. The maximum atomic E-state index is 12.2. The average molecular weight is 377 g/mol. The van der Waals surface area contributed by atoms with Gasteiger partial charge in [0.25, 0.3) is 0 Å².